The first-order valence-corrected chi connectivity index (χ1v) is 12.4. The number of sulfonamides is 1. The maximum atomic E-state index is 12.9. The lowest BCUT2D eigenvalue weighted by Crippen LogP contribution is -2.45. The average Bonchev–Trinajstić information content (AvgIpc) is 2.74. The Morgan fingerprint density at radius 2 is 1.83 bits per heavy atom. The van der Waals surface area contributed by atoms with Gasteiger partial charge in [-0.2, -0.15) is 4.31 Å². The topological polar surface area (TPSA) is 75.7 Å². The number of hydrogen-bond donors (Lipinski definition) is 1. The molecule has 0 aromatic heterocycles. The number of piperidine rings is 1. The molecule has 2 fully saturated rings. The van der Waals surface area contributed by atoms with Crippen LogP contribution in [0.25, 0.3) is 0 Å². The highest BCUT2D eigenvalue weighted by Crippen LogP contribution is 2.25. The zero-order chi connectivity index (χ0) is 20.7. The van der Waals surface area contributed by atoms with Gasteiger partial charge in [-0.3, -0.25) is 4.79 Å². The van der Waals surface area contributed by atoms with Crippen LogP contribution in [0.15, 0.2) is 29.2 Å². The van der Waals surface area contributed by atoms with Gasteiger partial charge < -0.3 is 10.1 Å². The van der Waals surface area contributed by atoms with Gasteiger partial charge in [0.15, 0.2) is 0 Å². The molecule has 3 rings (SSSR count). The van der Waals surface area contributed by atoms with Crippen LogP contribution in [0, 0.1) is 5.92 Å². The standard InChI is InChI=1S/C21H31ClN2O4S/c22-18-9-11-20(12-10-18)29(26,27)24-14-4-6-17(16-24)21(25)23-13-5-15-28-19-7-2-1-3-8-19/h9-12,17,19H,1-8,13-16H2,(H,23,25). The summed E-state index contributed by atoms with van der Waals surface area (Å²) in [4.78, 5) is 12.7. The third-order valence-corrected chi connectivity index (χ3v) is 7.86. The summed E-state index contributed by atoms with van der Waals surface area (Å²) in [5.41, 5.74) is 0. The monoisotopic (exact) mass is 442 g/mol. The third kappa shape index (κ3) is 6.41. The molecule has 1 aliphatic heterocycles. The normalized spacial score (nSPS) is 21.8. The van der Waals surface area contributed by atoms with Crippen LogP contribution in [0.5, 0.6) is 0 Å². The molecule has 1 aliphatic carbocycles. The number of ether oxygens (including phenoxy) is 1. The molecule has 0 radical (unpaired) electrons. The van der Waals surface area contributed by atoms with Crippen molar-refractivity contribution in [2.75, 3.05) is 26.2 Å². The van der Waals surface area contributed by atoms with Gasteiger partial charge in [0, 0.05) is 31.3 Å². The first kappa shape index (κ1) is 22.5. The van der Waals surface area contributed by atoms with Gasteiger partial charge in [-0.05, 0) is 56.4 Å². The second-order valence-corrected chi connectivity index (χ2v) is 10.3. The molecular formula is C21H31ClN2O4S. The van der Waals surface area contributed by atoms with Crippen molar-refractivity contribution in [3.05, 3.63) is 29.3 Å². The number of hydrogen-bond acceptors (Lipinski definition) is 4. The molecule has 1 saturated carbocycles. The van der Waals surface area contributed by atoms with Gasteiger partial charge in [-0.15, -0.1) is 0 Å². The largest absolute Gasteiger partial charge is 0.378 e. The molecule has 2 aliphatic rings. The molecule has 1 heterocycles. The van der Waals surface area contributed by atoms with E-state index in [1.54, 1.807) is 12.1 Å². The van der Waals surface area contributed by atoms with Gasteiger partial charge in [0.25, 0.3) is 0 Å². The number of amides is 1. The molecular weight excluding hydrogens is 412 g/mol. The number of carbonyl (C=O) groups is 1. The minimum atomic E-state index is -3.61. The summed E-state index contributed by atoms with van der Waals surface area (Å²) in [5, 5.41) is 3.44. The maximum Gasteiger partial charge on any atom is 0.243 e. The van der Waals surface area contributed by atoms with E-state index in [0.29, 0.717) is 43.7 Å². The van der Waals surface area contributed by atoms with Crippen LogP contribution in [0.2, 0.25) is 5.02 Å². The Bertz CT molecular complexity index is 763. The van der Waals surface area contributed by atoms with Crippen molar-refractivity contribution < 1.29 is 17.9 Å². The van der Waals surface area contributed by atoms with E-state index in [-0.39, 0.29) is 23.3 Å². The average molecular weight is 443 g/mol. The van der Waals surface area contributed by atoms with Crippen LogP contribution < -0.4 is 5.32 Å². The quantitative estimate of drug-likeness (QED) is 0.624. The van der Waals surface area contributed by atoms with E-state index in [1.807, 2.05) is 0 Å². The fourth-order valence-electron chi connectivity index (χ4n) is 4.04. The number of nitrogens with zero attached hydrogens (tertiary/aromatic N) is 1. The van der Waals surface area contributed by atoms with Gasteiger partial charge in [-0.25, -0.2) is 8.42 Å². The molecule has 8 heteroatoms. The highest BCUT2D eigenvalue weighted by Gasteiger charge is 2.33. The molecule has 1 atom stereocenters. The van der Waals surface area contributed by atoms with E-state index in [9.17, 15) is 13.2 Å². The summed E-state index contributed by atoms with van der Waals surface area (Å²) in [5.74, 6) is -0.385. The molecule has 6 nitrogen and oxygen atoms in total. The number of nitrogens with one attached hydrogen (secondary N) is 1. The Kier molecular flexibility index (Phi) is 8.35. The van der Waals surface area contributed by atoms with Crippen LogP contribution in [0.1, 0.15) is 51.4 Å². The predicted molar refractivity (Wildman–Crippen MR) is 113 cm³/mol. The smallest absolute Gasteiger partial charge is 0.243 e. The third-order valence-electron chi connectivity index (χ3n) is 5.73. The molecule has 1 N–H and O–H groups in total. The minimum Gasteiger partial charge on any atom is -0.378 e. The molecule has 1 amide bonds. The van der Waals surface area contributed by atoms with Crippen LogP contribution in [-0.4, -0.2) is 51.0 Å². The molecule has 29 heavy (non-hydrogen) atoms. The first-order valence-electron chi connectivity index (χ1n) is 10.6. The van der Waals surface area contributed by atoms with Gasteiger partial charge in [0.2, 0.25) is 15.9 Å². The van der Waals surface area contributed by atoms with Crippen LogP contribution in [-0.2, 0) is 19.6 Å². The molecule has 1 aromatic carbocycles. The van der Waals surface area contributed by atoms with Crippen molar-refractivity contribution in [3.8, 4) is 0 Å². The van der Waals surface area contributed by atoms with Gasteiger partial charge in [0.05, 0.1) is 16.9 Å². The summed E-state index contributed by atoms with van der Waals surface area (Å²) in [7, 11) is -3.61. The molecule has 1 saturated heterocycles. The first-order chi connectivity index (χ1) is 14.0. The number of rotatable bonds is 8. The van der Waals surface area contributed by atoms with E-state index in [0.717, 1.165) is 19.3 Å². The van der Waals surface area contributed by atoms with E-state index in [1.165, 1.54) is 35.7 Å². The summed E-state index contributed by atoms with van der Waals surface area (Å²) in [6.07, 6.45) is 8.64. The summed E-state index contributed by atoms with van der Waals surface area (Å²) < 4.78 is 33.0. The zero-order valence-corrected chi connectivity index (χ0v) is 18.4. The lowest BCUT2D eigenvalue weighted by Gasteiger charge is -2.31. The van der Waals surface area contributed by atoms with Crippen LogP contribution in [0.4, 0.5) is 0 Å². The van der Waals surface area contributed by atoms with Crippen molar-refractivity contribution in [3.63, 3.8) is 0 Å². The Hall–Kier alpha value is -1.15. The Morgan fingerprint density at radius 3 is 2.55 bits per heavy atom. The predicted octanol–water partition coefficient (Wildman–Crippen LogP) is 3.60. The van der Waals surface area contributed by atoms with E-state index >= 15 is 0 Å². The highest BCUT2D eigenvalue weighted by molar-refractivity contribution is 7.89. The summed E-state index contributed by atoms with van der Waals surface area (Å²) in [6.45, 7) is 1.87. The molecule has 1 aromatic rings. The Labute approximate surface area is 179 Å². The van der Waals surface area contributed by atoms with Crippen molar-refractivity contribution in [2.45, 2.75) is 62.4 Å². The minimum absolute atomic E-state index is 0.0707. The molecule has 1 unspecified atom stereocenters. The Balaban J connectivity index is 1.43. The van der Waals surface area contributed by atoms with E-state index < -0.39 is 10.0 Å². The molecule has 0 bridgehead atoms. The van der Waals surface area contributed by atoms with Crippen molar-refractivity contribution in [1.29, 1.82) is 0 Å². The number of carbonyl (C=O) groups excluding carboxylic acids is 1. The maximum absolute atomic E-state index is 12.9. The SMILES string of the molecule is O=C(NCCCOC1CCCCC1)C1CCCN(S(=O)(=O)c2ccc(Cl)cc2)C1. The van der Waals surface area contributed by atoms with Crippen molar-refractivity contribution >= 4 is 27.5 Å². The summed E-state index contributed by atoms with van der Waals surface area (Å²) >= 11 is 5.86. The lowest BCUT2D eigenvalue weighted by atomic mass is 9.98. The van der Waals surface area contributed by atoms with Crippen LogP contribution >= 0.6 is 11.6 Å². The van der Waals surface area contributed by atoms with Crippen LogP contribution in [0.3, 0.4) is 0 Å². The van der Waals surface area contributed by atoms with Crippen molar-refractivity contribution in [2.24, 2.45) is 5.92 Å². The van der Waals surface area contributed by atoms with Gasteiger partial charge in [0.1, 0.15) is 0 Å². The fraction of sp³-hybridized carbons (Fsp3) is 0.667. The second-order valence-electron chi connectivity index (χ2n) is 7.93. The van der Waals surface area contributed by atoms with Gasteiger partial charge >= 0.3 is 0 Å². The number of benzene rings is 1. The fourth-order valence-corrected chi connectivity index (χ4v) is 5.69. The van der Waals surface area contributed by atoms with E-state index in [4.69, 9.17) is 16.3 Å². The number of halogens is 1. The Morgan fingerprint density at radius 1 is 1.10 bits per heavy atom. The molecule has 0 spiro atoms. The second kappa shape index (κ2) is 10.8. The summed E-state index contributed by atoms with van der Waals surface area (Å²) in [6, 6.07) is 6.15. The zero-order valence-electron chi connectivity index (χ0n) is 16.8. The highest BCUT2D eigenvalue weighted by atomic mass is 35.5. The molecule has 162 valence electrons. The van der Waals surface area contributed by atoms with Crippen molar-refractivity contribution in [1.82, 2.24) is 9.62 Å². The lowest BCUT2D eigenvalue weighted by molar-refractivity contribution is -0.126. The van der Waals surface area contributed by atoms with Gasteiger partial charge in [-0.1, -0.05) is 30.9 Å². The van der Waals surface area contributed by atoms with E-state index in [2.05, 4.69) is 5.32 Å².